The summed E-state index contributed by atoms with van der Waals surface area (Å²) in [6.07, 6.45) is 2.33. The van der Waals surface area contributed by atoms with Crippen LogP contribution in [0.1, 0.15) is 23.7 Å². The minimum atomic E-state index is -0.203. The molecule has 1 heterocycles. The summed E-state index contributed by atoms with van der Waals surface area (Å²) in [4.78, 5) is 15.6. The van der Waals surface area contributed by atoms with Crippen molar-refractivity contribution in [3.63, 3.8) is 0 Å². The van der Waals surface area contributed by atoms with Gasteiger partial charge in [0, 0.05) is 12.7 Å². The molecule has 17 heavy (non-hydrogen) atoms. The van der Waals surface area contributed by atoms with E-state index >= 15 is 0 Å². The number of rotatable bonds is 6. The summed E-state index contributed by atoms with van der Waals surface area (Å²) in [7, 11) is 0. The van der Waals surface area contributed by atoms with Gasteiger partial charge in [-0.3, -0.25) is 4.79 Å². The normalized spacial score (nSPS) is 10.2. The number of thioether (sulfide) groups is 1. The van der Waals surface area contributed by atoms with Gasteiger partial charge in [-0.15, -0.1) is 0 Å². The molecule has 0 radical (unpaired) electrons. The zero-order chi connectivity index (χ0) is 12.7. The SMILES string of the molecule is CCSCCCNC(=O)c1cc(N)ncc1Cl. The van der Waals surface area contributed by atoms with Gasteiger partial charge in [-0.2, -0.15) is 11.8 Å². The lowest BCUT2D eigenvalue weighted by molar-refractivity contribution is 0.0954. The Hall–Kier alpha value is -0.940. The van der Waals surface area contributed by atoms with Crippen LogP contribution in [0.2, 0.25) is 5.02 Å². The van der Waals surface area contributed by atoms with Gasteiger partial charge >= 0.3 is 0 Å². The standard InChI is InChI=1S/C11H16ClN3OS/c1-2-17-5-3-4-14-11(16)8-6-10(13)15-7-9(8)12/h6-7H,2-5H2,1H3,(H2,13,15)(H,14,16). The van der Waals surface area contributed by atoms with Crippen molar-refractivity contribution in [1.29, 1.82) is 0 Å². The van der Waals surface area contributed by atoms with Gasteiger partial charge in [-0.25, -0.2) is 4.98 Å². The fourth-order valence-corrected chi connectivity index (χ4v) is 2.07. The Kier molecular flexibility index (Phi) is 6.15. The van der Waals surface area contributed by atoms with Crippen LogP contribution in [0.5, 0.6) is 0 Å². The molecule has 0 atom stereocenters. The molecule has 3 N–H and O–H groups in total. The maximum absolute atomic E-state index is 11.8. The molecule has 0 unspecified atom stereocenters. The molecule has 0 spiro atoms. The van der Waals surface area contributed by atoms with E-state index in [4.69, 9.17) is 17.3 Å². The van der Waals surface area contributed by atoms with E-state index in [0.29, 0.717) is 22.9 Å². The monoisotopic (exact) mass is 273 g/mol. The number of carbonyl (C=O) groups excluding carboxylic acids is 1. The van der Waals surface area contributed by atoms with E-state index in [0.717, 1.165) is 17.9 Å². The topological polar surface area (TPSA) is 68.0 Å². The molecule has 0 aliphatic carbocycles. The van der Waals surface area contributed by atoms with Crippen LogP contribution >= 0.6 is 23.4 Å². The number of nitrogen functional groups attached to an aromatic ring is 1. The van der Waals surface area contributed by atoms with E-state index < -0.39 is 0 Å². The van der Waals surface area contributed by atoms with Crippen LogP contribution in [0.25, 0.3) is 0 Å². The van der Waals surface area contributed by atoms with Crippen molar-refractivity contribution in [3.05, 3.63) is 22.8 Å². The van der Waals surface area contributed by atoms with E-state index in [1.807, 2.05) is 11.8 Å². The van der Waals surface area contributed by atoms with Gasteiger partial charge in [0.05, 0.1) is 10.6 Å². The second-order valence-corrected chi connectivity index (χ2v) is 5.20. The Bertz CT molecular complexity index is 387. The van der Waals surface area contributed by atoms with Crippen LogP contribution in [-0.2, 0) is 0 Å². The van der Waals surface area contributed by atoms with Gasteiger partial charge in [0.1, 0.15) is 5.82 Å². The van der Waals surface area contributed by atoms with E-state index in [1.165, 1.54) is 12.3 Å². The number of nitrogens with two attached hydrogens (primary N) is 1. The van der Waals surface area contributed by atoms with Gasteiger partial charge < -0.3 is 11.1 Å². The number of nitrogens with one attached hydrogen (secondary N) is 1. The Morgan fingerprint density at radius 3 is 3.12 bits per heavy atom. The number of aromatic nitrogens is 1. The van der Waals surface area contributed by atoms with Gasteiger partial charge in [-0.1, -0.05) is 18.5 Å². The zero-order valence-electron chi connectivity index (χ0n) is 9.70. The molecule has 4 nitrogen and oxygen atoms in total. The highest BCUT2D eigenvalue weighted by atomic mass is 35.5. The molecule has 1 amide bonds. The number of halogens is 1. The summed E-state index contributed by atoms with van der Waals surface area (Å²) in [6, 6.07) is 1.48. The summed E-state index contributed by atoms with van der Waals surface area (Å²) in [6.45, 7) is 2.76. The van der Waals surface area contributed by atoms with Crippen LogP contribution in [0.4, 0.5) is 5.82 Å². The Morgan fingerprint density at radius 2 is 2.41 bits per heavy atom. The first-order chi connectivity index (χ1) is 8.15. The number of hydrogen-bond donors (Lipinski definition) is 2. The number of nitrogens with zero attached hydrogens (tertiary/aromatic N) is 1. The first-order valence-corrected chi connectivity index (χ1v) is 6.95. The number of carbonyl (C=O) groups is 1. The van der Waals surface area contributed by atoms with Crippen molar-refractivity contribution in [3.8, 4) is 0 Å². The Balaban J connectivity index is 2.44. The third-order valence-electron chi connectivity index (χ3n) is 2.08. The highest BCUT2D eigenvalue weighted by Crippen LogP contribution is 2.16. The van der Waals surface area contributed by atoms with Gasteiger partial charge in [-0.05, 0) is 24.0 Å². The number of pyridine rings is 1. The molecule has 0 bridgehead atoms. The quantitative estimate of drug-likeness (QED) is 0.780. The maximum atomic E-state index is 11.8. The lowest BCUT2D eigenvalue weighted by Crippen LogP contribution is -2.25. The lowest BCUT2D eigenvalue weighted by atomic mass is 10.2. The molecular formula is C11H16ClN3OS. The summed E-state index contributed by atoms with van der Waals surface area (Å²) in [5.74, 6) is 2.23. The third-order valence-corrected chi connectivity index (χ3v) is 3.36. The molecule has 0 aliphatic rings. The van der Waals surface area contributed by atoms with Crippen LogP contribution in [0, 0.1) is 0 Å². The zero-order valence-corrected chi connectivity index (χ0v) is 11.3. The van der Waals surface area contributed by atoms with E-state index in [2.05, 4.69) is 17.2 Å². The average molecular weight is 274 g/mol. The molecule has 1 rings (SSSR count). The summed E-state index contributed by atoms with van der Waals surface area (Å²) < 4.78 is 0. The predicted octanol–water partition coefficient (Wildman–Crippen LogP) is 2.19. The Morgan fingerprint density at radius 1 is 1.65 bits per heavy atom. The lowest BCUT2D eigenvalue weighted by Gasteiger charge is -2.06. The van der Waals surface area contributed by atoms with Gasteiger partial charge in [0.15, 0.2) is 0 Å². The fourth-order valence-electron chi connectivity index (χ4n) is 1.24. The summed E-state index contributed by atoms with van der Waals surface area (Å²) in [5, 5.41) is 3.12. The second kappa shape index (κ2) is 7.40. The van der Waals surface area contributed by atoms with Gasteiger partial charge in [0.2, 0.25) is 0 Å². The van der Waals surface area contributed by atoms with Crippen LogP contribution in [0.3, 0.4) is 0 Å². The average Bonchev–Trinajstić information content (AvgIpc) is 2.32. The first kappa shape index (κ1) is 14.1. The van der Waals surface area contributed by atoms with Crippen molar-refractivity contribution in [2.75, 3.05) is 23.8 Å². The number of amides is 1. The predicted molar refractivity (Wildman–Crippen MR) is 73.6 cm³/mol. The van der Waals surface area contributed by atoms with E-state index in [1.54, 1.807) is 0 Å². The molecule has 0 aromatic carbocycles. The molecular weight excluding hydrogens is 258 g/mol. The maximum Gasteiger partial charge on any atom is 0.252 e. The van der Waals surface area contributed by atoms with Crippen molar-refractivity contribution in [2.45, 2.75) is 13.3 Å². The molecule has 1 aromatic heterocycles. The van der Waals surface area contributed by atoms with Crippen molar-refractivity contribution < 1.29 is 4.79 Å². The van der Waals surface area contributed by atoms with E-state index in [-0.39, 0.29) is 5.91 Å². The van der Waals surface area contributed by atoms with E-state index in [9.17, 15) is 4.79 Å². The first-order valence-electron chi connectivity index (χ1n) is 5.42. The van der Waals surface area contributed by atoms with Crippen molar-refractivity contribution >= 4 is 35.1 Å². The van der Waals surface area contributed by atoms with Crippen LogP contribution in [-0.4, -0.2) is 28.9 Å². The minimum absolute atomic E-state index is 0.203. The third kappa shape index (κ3) is 4.83. The number of anilines is 1. The molecule has 0 saturated heterocycles. The van der Waals surface area contributed by atoms with Crippen molar-refractivity contribution in [1.82, 2.24) is 10.3 Å². The second-order valence-electron chi connectivity index (χ2n) is 3.40. The van der Waals surface area contributed by atoms with Gasteiger partial charge in [0.25, 0.3) is 5.91 Å². The van der Waals surface area contributed by atoms with Crippen LogP contribution in [0.15, 0.2) is 12.3 Å². The number of hydrogen-bond acceptors (Lipinski definition) is 4. The van der Waals surface area contributed by atoms with Crippen molar-refractivity contribution in [2.24, 2.45) is 0 Å². The highest BCUT2D eigenvalue weighted by molar-refractivity contribution is 7.99. The molecule has 1 aromatic rings. The fraction of sp³-hybridized carbons (Fsp3) is 0.455. The summed E-state index contributed by atoms with van der Waals surface area (Å²) in [5.41, 5.74) is 5.88. The minimum Gasteiger partial charge on any atom is -0.384 e. The largest absolute Gasteiger partial charge is 0.384 e. The molecule has 6 heteroatoms. The molecule has 0 aliphatic heterocycles. The molecule has 0 saturated carbocycles. The molecule has 0 fully saturated rings. The van der Waals surface area contributed by atoms with Crippen LogP contribution < -0.4 is 11.1 Å². The highest BCUT2D eigenvalue weighted by Gasteiger charge is 2.10. The molecule has 94 valence electrons. The smallest absolute Gasteiger partial charge is 0.252 e. The Labute approximate surface area is 110 Å². The summed E-state index contributed by atoms with van der Waals surface area (Å²) >= 11 is 7.72.